The van der Waals surface area contributed by atoms with E-state index in [2.05, 4.69) is 5.92 Å². The molecule has 62 valence electrons. The van der Waals surface area contributed by atoms with Crippen LogP contribution in [0, 0.1) is 18.3 Å². The Balaban J connectivity index is 2.71. The van der Waals surface area contributed by atoms with Crippen LogP contribution in [-0.2, 0) is 7.90 Å². The second kappa shape index (κ2) is 3.30. The van der Waals surface area contributed by atoms with E-state index in [9.17, 15) is 8.42 Å². The summed E-state index contributed by atoms with van der Waals surface area (Å²) in [6.07, 6.45) is 5.21. The molecule has 0 aromatic carbocycles. The molecule has 1 aliphatic rings. The summed E-state index contributed by atoms with van der Waals surface area (Å²) in [6, 6.07) is 0. The van der Waals surface area contributed by atoms with Gasteiger partial charge in [0.1, 0.15) is 0 Å². The molecule has 1 aliphatic heterocycles. The van der Waals surface area contributed by atoms with Crippen LogP contribution in [0.25, 0.3) is 0 Å². The van der Waals surface area contributed by atoms with E-state index in [1.165, 1.54) is 0 Å². The van der Waals surface area contributed by atoms with Gasteiger partial charge in [-0.25, -0.2) is 8.42 Å². The molecule has 0 bridgehead atoms. The monoisotopic (exact) mass is 208 g/mol. The van der Waals surface area contributed by atoms with Gasteiger partial charge in [0.15, 0.2) is 0 Å². The third kappa shape index (κ3) is 2.32. The SMILES string of the molecule is C#CC1CSS(=O)(=O)SC1C. The zero-order valence-corrected chi connectivity index (χ0v) is 8.43. The molecule has 2 unspecified atom stereocenters. The van der Waals surface area contributed by atoms with Crippen LogP contribution in [0.15, 0.2) is 0 Å². The van der Waals surface area contributed by atoms with Crippen LogP contribution < -0.4 is 0 Å². The van der Waals surface area contributed by atoms with Gasteiger partial charge < -0.3 is 0 Å². The standard InChI is InChI=1S/C6H8O2S3/c1-3-6-4-9-11(7,8)10-5(6)2/h1,5-6H,4H2,2H3. The average molecular weight is 208 g/mol. The second-order valence-corrected chi connectivity index (χ2v) is 9.14. The van der Waals surface area contributed by atoms with E-state index in [4.69, 9.17) is 6.42 Å². The molecule has 2 atom stereocenters. The summed E-state index contributed by atoms with van der Waals surface area (Å²) >= 11 is 0. The van der Waals surface area contributed by atoms with Crippen molar-refractivity contribution in [1.29, 1.82) is 0 Å². The van der Waals surface area contributed by atoms with Gasteiger partial charge in [-0.2, -0.15) is 0 Å². The van der Waals surface area contributed by atoms with E-state index < -0.39 is 7.90 Å². The van der Waals surface area contributed by atoms with Crippen molar-refractivity contribution in [3.05, 3.63) is 0 Å². The van der Waals surface area contributed by atoms with Crippen LogP contribution in [-0.4, -0.2) is 19.4 Å². The fourth-order valence-electron chi connectivity index (χ4n) is 0.756. The Bertz CT molecular complexity index is 275. The largest absolute Gasteiger partial charge is 0.254 e. The van der Waals surface area contributed by atoms with Gasteiger partial charge in [-0.05, 0) is 21.6 Å². The van der Waals surface area contributed by atoms with E-state index in [1.54, 1.807) is 0 Å². The van der Waals surface area contributed by atoms with Gasteiger partial charge >= 0.3 is 0 Å². The van der Waals surface area contributed by atoms with Crippen LogP contribution in [0.1, 0.15) is 6.92 Å². The molecular weight excluding hydrogens is 200 g/mol. The van der Waals surface area contributed by atoms with E-state index in [1.807, 2.05) is 6.92 Å². The minimum absolute atomic E-state index is 0.0336. The van der Waals surface area contributed by atoms with Crippen molar-refractivity contribution in [2.45, 2.75) is 12.2 Å². The summed E-state index contributed by atoms with van der Waals surface area (Å²) < 4.78 is 22.0. The fourth-order valence-corrected chi connectivity index (χ4v) is 7.05. The van der Waals surface area contributed by atoms with E-state index >= 15 is 0 Å². The van der Waals surface area contributed by atoms with E-state index in [-0.39, 0.29) is 11.2 Å². The highest BCUT2D eigenvalue weighted by Crippen LogP contribution is 2.40. The van der Waals surface area contributed by atoms with Gasteiger partial charge in [0.2, 0.25) is 0 Å². The molecule has 5 heteroatoms. The topological polar surface area (TPSA) is 34.1 Å². The fraction of sp³-hybridized carbons (Fsp3) is 0.667. The van der Waals surface area contributed by atoms with Gasteiger partial charge in [0.25, 0.3) is 7.90 Å². The molecule has 0 aromatic heterocycles. The van der Waals surface area contributed by atoms with E-state index in [0.29, 0.717) is 5.75 Å². The highest BCUT2D eigenvalue weighted by molar-refractivity contribution is 9.05. The third-order valence-electron chi connectivity index (χ3n) is 1.44. The third-order valence-corrected chi connectivity index (χ3v) is 7.56. The Hall–Kier alpha value is 0.210. The molecule has 2 nitrogen and oxygen atoms in total. The van der Waals surface area contributed by atoms with Crippen LogP contribution >= 0.6 is 21.6 Å². The molecule has 11 heavy (non-hydrogen) atoms. The highest BCUT2D eigenvalue weighted by atomic mass is 33.5. The first kappa shape index (κ1) is 9.30. The molecule has 0 radical (unpaired) electrons. The lowest BCUT2D eigenvalue weighted by atomic mass is 10.1. The zero-order valence-electron chi connectivity index (χ0n) is 5.98. The minimum atomic E-state index is -2.94. The van der Waals surface area contributed by atoms with Gasteiger partial charge in [-0.1, -0.05) is 6.92 Å². The quantitative estimate of drug-likeness (QED) is 0.444. The number of hydrogen-bond acceptors (Lipinski definition) is 4. The number of hydrogen-bond donors (Lipinski definition) is 0. The Morgan fingerprint density at radius 1 is 1.64 bits per heavy atom. The Morgan fingerprint density at radius 3 is 2.73 bits per heavy atom. The van der Waals surface area contributed by atoms with Crippen molar-refractivity contribution < 1.29 is 8.42 Å². The molecule has 1 rings (SSSR count). The van der Waals surface area contributed by atoms with Gasteiger partial charge in [0, 0.05) is 16.9 Å². The summed E-state index contributed by atoms with van der Waals surface area (Å²) in [5.41, 5.74) is 0. The molecule has 1 saturated heterocycles. The first-order valence-corrected chi connectivity index (χ1v) is 7.47. The highest BCUT2D eigenvalue weighted by Gasteiger charge is 2.30. The molecule has 0 saturated carbocycles. The first-order chi connectivity index (χ1) is 5.05. The van der Waals surface area contributed by atoms with Crippen molar-refractivity contribution in [2.24, 2.45) is 5.92 Å². The molecule has 1 heterocycles. The number of terminal acetylenes is 1. The van der Waals surface area contributed by atoms with Crippen LogP contribution in [0.2, 0.25) is 0 Å². The predicted octanol–water partition coefficient (Wildman–Crippen LogP) is 1.35. The lowest BCUT2D eigenvalue weighted by molar-refractivity contribution is 0.621. The van der Waals surface area contributed by atoms with Crippen molar-refractivity contribution >= 4 is 29.5 Å². The number of rotatable bonds is 0. The van der Waals surface area contributed by atoms with Gasteiger partial charge in [-0.3, -0.25) is 0 Å². The summed E-state index contributed by atoms with van der Waals surface area (Å²) in [6.45, 7) is 1.85. The molecule has 0 aliphatic carbocycles. The molecular formula is C6H8O2S3. The maximum atomic E-state index is 11.0. The lowest BCUT2D eigenvalue weighted by Gasteiger charge is -2.22. The normalized spacial score (nSPS) is 36.0. The predicted molar refractivity (Wildman–Crippen MR) is 50.8 cm³/mol. The maximum absolute atomic E-state index is 11.0. The molecule has 1 fully saturated rings. The average Bonchev–Trinajstić information content (AvgIpc) is 1.86. The van der Waals surface area contributed by atoms with Gasteiger partial charge in [-0.15, -0.1) is 12.3 Å². The molecule has 0 aromatic rings. The minimum Gasteiger partial charge on any atom is -0.206 e. The lowest BCUT2D eigenvalue weighted by Crippen LogP contribution is -2.21. The van der Waals surface area contributed by atoms with Crippen LogP contribution in [0.5, 0.6) is 0 Å². The van der Waals surface area contributed by atoms with E-state index in [0.717, 1.165) is 21.6 Å². The Kier molecular flexibility index (Phi) is 2.79. The molecule has 0 spiro atoms. The summed E-state index contributed by atoms with van der Waals surface area (Å²) in [5.74, 6) is 3.21. The van der Waals surface area contributed by atoms with Crippen molar-refractivity contribution in [3.63, 3.8) is 0 Å². The maximum Gasteiger partial charge on any atom is 0.254 e. The summed E-state index contributed by atoms with van der Waals surface area (Å²) in [5, 5.41) is 0.0336. The smallest absolute Gasteiger partial charge is 0.206 e. The van der Waals surface area contributed by atoms with Crippen molar-refractivity contribution in [3.8, 4) is 12.3 Å². The zero-order chi connectivity index (χ0) is 8.48. The van der Waals surface area contributed by atoms with Crippen molar-refractivity contribution in [1.82, 2.24) is 0 Å². The summed E-state index contributed by atoms with van der Waals surface area (Å²) in [4.78, 5) is 0. The Labute approximate surface area is 74.2 Å². The van der Waals surface area contributed by atoms with Crippen LogP contribution in [0.4, 0.5) is 0 Å². The molecule has 0 N–H and O–H groups in total. The summed E-state index contributed by atoms with van der Waals surface area (Å²) in [7, 11) is -1.02. The Morgan fingerprint density at radius 2 is 2.27 bits per heavy atom. The van der Waals surface area contributed by atoms with Crippen molar-refractivity contribution in [2.75, 3.05) is 5.75 Å². The molecule has 0 amide bonds. The second-order valence-electron chi connectivity index (χ2n) is 2.27. The van der Waals surface area contributed by atoms with Gasteiger partial charge in [0.05, 0.1) is 0 Å². The first-order valence-electron chi connectivity index (χ1n) is 3.09. The van der Waals surface area contributed by atoms with Crippen LogP contribution in [0.3, 0.4) is 0 Å².